The second kappa shape index (κ2) is 6.68. The molecule has 1 fully saturated rings. The molecule has 0 aliphatic carbocycles. The third-order valence-electron chi connectivity index (χ3n) is 3.00. The van der Waals surface area contributed by atoms with E-state index in [1.165, 1.54) is 6.26 Å². The maximum Gasteiger partial charge on any atom is 0.211 e. The van der Waals surface area contributed by atoms with Crippen molar-refractivity contribution in [3.05, 3.63) is 0 Å². The molecule has 0 atom stereocenters. The molecule has 1 rings (SSSR count). The van der Waals surface area contributed by atoms with Crippen molar-refractivity contribution < 1.29 is 8.42 Å². The highest BCUT2D eigenvalue weighted by atomic mass is 32.2. The van der Waals surface area contributed by atoms with E-state index < -0.39 is 10.0 Å². The molecule has 17 heavy (non-hydrogen) atoms. The smallest absolute Gasteiger partial charge is 0.211 e. The van der Waals surface area contributed by atoms with Crippen LogP contribution in [0.4, 0.5) is 0 Å². The van der Waals surface area contributed by atoms with E-state index in [1.54, 1.807) is 4.31 Å². The Kier molecular flexibility index (Phi) is 5.85. The predicted octanol–water partition coefficient (Wildman–Crippen LogP) is -0.0483. The average Bonchev–Trinajstić information content (AvgIpc) is 2.23. The van der Waals surface area contributed by atoms with Crippen LogP contribution in [-0.2, 0) is 10.0 Å². The summed E-state index contributed by atoms with van der Waals surface area (Å²) in [4.78, 5) is 2.34. The summed E-state index contributed by atoms with van der Waals surface area (Å²) in [5.74, 6) is 0. The maximum absolute atomic E-state index is 11.3. The van der Waals surface area contributed by atoms with Gasteiger partial charge in [-0.2, -0.15) is 4.31 Å². The van der Waals surface area contributed by atoms with Crippen LogP contribution in [0.5, 0.6) is 0 Å². The van der Waals surface area contributed by atoms with E-state index in [0.29, 0.717) is 19.1 Å². The molecule has 0 spiro atoms. The van der Waals surface area contributed by atoms with E-state index >= 15 is 0 Å². The van der Waals surface area contributed by atoms with Crippen molar-refractivity contribution in [3.63, 3.8) is 0 Å². The van der Waals surface area contributed by atoms with Crippen molar-refractivity contribution in [2.75, 3.05) is 45.5 Å². The van der Waals surface area contributed by atoms with Gasteiger partial charge < -0.3 is 10.2 Å². The summed E-state index contributed by atoms with van der Waals surface area (Å²) in [5.41, 5.74) is 0. The second-order valence-electron chi connectivity index (χ2n) is 4.97. The largest absolute Gasteiger partial charge is 0.314 e. The highest BCUT2D eigenvalue weighted by Crippen LogP contribution is 2.06. The van der Waals surface area contributed by atoms with E-state index in [-0.39, 0.29) is 0 Å². The highest BCUT2D eigenvalue weighted by Gasteiger charge is 2.22. The molecule has 5 nitrogen and oxygen atoms in total. The Morgan fingerprint density at radius 1 is 1.18 bits per heavy atom. The molecule has 0 saturated carbocycles. The Balaban J connectivity index is 2.15. The SMILES string of the molecule is CC(C)NCCCN1CCN(S(C)(=O)=O)CC1. The van der Waals surface area contributed by atoms with Crippen molar-refractivity contribution in [2.45, 2.75) is 26.3 Å². The molecule has 0 aromatic carbocycles. The number of sulfonamides is 1. The number of rotatable bonds is 6. The van der Waals surface area contributed by atoms with Crippen LogP contribution >= 0.6 is 0 Å². The highest BCUT2D eigenvalue weighted by molar-refractivity contribution is 7.88. The van der Waals surface area contributed by atoms with Crippen LogP contribution in [0.1, 0.15) is 20.3 Å². The third-order valence-corrected chi connectivity index (χ3v) is 4.31. The molecule has 1 aliphatic heterocycles. The van der Waals surface area contributed by atoms with Crippen molar-refractivity contribution in [1.29, 1.82) is 0 Å². The molecule has 0 aromatic rings. The first-order valence-electron chi connectivity index (χ1n) is 6.30. The topological polar surface area (TPSA) is 52.6 Å². The van der Waals surface area contributed by atoms with Crippen LogP contribution in [-0.4, -0.2) is 69.2 Å². The fourth-order valence-electron chi connectivity index (χ4n) is 1.98. The Morgan fingerprint density at radius 3 is 2.24 bits per heavy atom. The fraction of sp³-hybridized carbons (Fsp3) is 1.00. The zero-order chi connectivity index (χ0) is 12.9. The lowest BCUT2D eigenvalue weighted by molar-refractivity contribution is 0.186. The number of hydrogen-bond acceptors (Lipinski definition) is 4. The summed E-state index contributed by atoms with van der Waals surface area (Å²) >= 11 is 0. The summed E-state index contributed by atoms with van der Waals surface area (Å²) in [6, 6.07) is 0.539. The quantitative estimate of drug-likeness (QED) is 0.683. The minimum atomic E-state index is -2.99. The van der Waals surface area contributed by atoms with Crippen LogP contribution in [0.25, 0.3) is 0 Å². The predicted molar refractivity (Wildman–Crippen MR) is 70.6 cm³/mol. The van der Waals surface area contributed by atoms with Crippen LogP contribution in [0.3, 0.4) is 0 Å². The molecule has 1 heterocycles. The molecule has 0 amide bonds. The standard InChI is InChI=1S/C11H25N3O2S/c1-11(2)12-5-4-6-13-7-9-14(10-8-13)17(3,15)16/h11-12H,4-10H2,1-3H3. The Morgan fingerprint density at radius 2 is 1.76 bits per heavy atom. The molecule has 1 saturated heterocycles. The molecule has 1 aliphatic rings. The summed E-state index contributed by atoms with van der Waals surface area (Å²) in [7, 11) is -2.99. The van der Waals surface area contributed by atoms with Gasteiger partial charge in [-0.05, 0) is 19.5 Å². The first-order valence-corrected chi connectivity index (χ1v) is 8.15. The second-order valence-corrected chi connectivity index (χ2v) is 6.95. The van der Waals surface area contributed by atoms with Gasteiger partial charge in [0.2, 0.25) is 10.0 Å². The van der Waals surface area contributed by atoms with Gasteiger partial charge in [-0.25, -0.2) is 8.42 Å². The third kappa shape index (κ3) is 5.81. The normalized spacial score (nSPS) is 20.0. The van der Waals surface area contributed by atoms with E-state index in [4.69, 9.17) is 0 Å². The summed E-state index contributed by atoms with van der Waals surface area (Å²) in [6.45, 7) is 9.35. The zero-order valence-corrected chi connectivity index (χ0v) is 12.0. The molecule has 0 unspecified atom stereocenters. The lowest BCUT2D eigenvalue weighted by atomic mass is 10.3. The van der Waals surface area contributed by atoms with E-state index in [2.05, 4.69) is 24.1 Å². The molecule has 6 heteroatoms. The average molecular weight is 263 g/mol. The Hall–Kier alpha value is -0.170. The first kappa shape index (κ1) is 14.9. The van der Waals surface area contributed by atoms with E-state index in [1.807, 2.05) is 0 Å². The Labute approximate surface area is 105 Å². The van der Waals surface area contributed by atoms with Gasteiger partial charge in [0.25, 0.3) is 0 Å². The lowest BCUT2D eigenvalue weighted by Crippen LogP contribution is -2.48. The minimum absolute atomic E-state index is 0.539. The van der Waals surface area contributed by atoms with Gasteiger partial charge in [0, 0.05) is 32.2 Å². The van der Waals surface area contributed by atoms with Gasteiger partial charge in [-0.15, -0.1) is 0 Å². The molecular weight excluding hydrogens is 238 g/mol. The molecular formula is C11H25N3O2S. The Bertz CT molecular complexity index is 309. The molecule has 0 bridgehead atoms. The molecule has 0 radical (unpaired) electrons. The molecule has 1 N–H and O–H groups in total. The summed E-state index contributed by atoms with van der Waals surface area (Å²) < 4.78 is 24.2. The van der Waals surface area contributed by atoms with Gasteiger partial charge in [-0.1, -0.05) is 13.8 Å². The first-order chi connectivity index (χ1) is 7.89. The number of nitrogens with zero attached hydrogens (tertiary/aromatic N) is 2. The number of hydrogen-bond donors (Lipinski definition) is 1. The van der Waals surface area contributed by atoms with Gasteiger partial charge >= 0.3 is 0 Å². The van der Waals surface area contributed by atoms with Gasteiger partial charge in [-0.3, -0.25) is 0 Å². The maximum atomic E-state index is 11.3. The summed E-state index contributed by atoms with van der Waals surface area (Å²) in [5, 5.41) is 3.39. The monoisotopic (exact) mass is 263 g/mol. The molecule has 102 valence electrons. The molecule has 0 aromatic heterocycles. The van der Waals surface area contributed by atoms with Crippen LogP contribution < -0.4 is 5.32 Å². The van der Waals surface area contributed by atoms with Crippen LogP contribution in [0, 0.1) is 0 Å². The number of nitrogens with one attached hydrogen (secondary N) is 1. The van der Waals surface area contributed by atoms with Crippen LogP contribution in [0.15, 0.2) is 0 Å². The minimum Gasteiger partial charge on any atom is -0.314 e. The lowest BCUT2D eigenvalue weighted by Gasteiger charge is -2.33. The van der Waals surface area contributed by atoms with Crippen molar-refractivity contribution >= 4 is 10.0 Å². The van der Waals surface area contributed by atoms with E-state index in [0.717, 1.165) is 32.6 Å². The fourth-order valence-corrected chi connectivity index (χ4v) is 2.80. The van der Waals surface area contributed by atoms with Crippen LogP contribution in [0.2, 0.25) is 0 Å². The van der Waals surface area contributed by atoms with E-state index in [9.17, 15) is 8.42 Å². The van der Waals surface area contributed by atoms with Crippen molar-refractivity contribution in [2.24, 2.45) is 0 Å². The zero-order valence-electron chi connectivity index (χ0n) is 11.1. The van der Waals surface area contributed by atoms with Crippen molar-refractivity contribution in [3.8, 4) is 0 Å². The summed E-state index contributed by atoms with van der Waals surface area (Å²) in [6.07, 6.45) is 2.41. The van der Waals surface area contributed by atoms with Gasteiger partial charge in [0.1, 0.15) is 0 Å². The number of piperazine rings is 1. The van der Waals surface area contributed by atoms with Gasteiger partial charge in [0.05, 0.1) is 6.26 Å². The van der Waals surface area contributed by atoms with Crippen molar-refractivity contribution in [1.82, 2.24) is 14.5 Å². The van der Waals surface area contributed by atoms with Gasteiger partial charge in [0.15, 0.2) is 0 Å².